The van der Waals surface area contributed by atoms with Gasteiger partial charge in [-0.15, -0.1) is 11.6 Å². The summed E-state index contributed by atoms with van der Waals surface area (Å²) in [5.74, 6) is 2.95. The van der Waals surface area contributed by atoms with E-state index in [1.807, 2.05) is 12.1 Å². The van der Waals surface area contributed by atoms with E-state index < -0.39 is 0 Å². The zero-order valence-electron chi connectivity index (χ0n) is 12.2. The van der Waals surface area contributed by atoms with E-state index in [9.17, 15) is 0 Å². The Kier molecular flexibility index (Phi) is 6.85. The molecule has 0 unspecified atom stereocenters. The number of ether oxygens (including phenoxy) is 3. The Hall–Kier alpha value is -1.09. The maximum Gasteiger partial charge on any atom is 0.203 e. The van der Waals surface area contributed by atoms with Gasteiger partial charge in [0.05, 0.1) is 20.8 Å². The SMILES string of the molecule is CCC(CC)COc1c(OC)cc(CCl)cc1OC. The fourth-order valence-electron chi connectivity index (χ4n) is 1.88. The third-order valence-corrected chi connectivity index (χ3v) is 3.60. The molecular formula is C15H23ClO3. The molecule has 0 radical (unpaired) electrons. The van der Waals surface area contributed by atoms with Gasteiger partial charge in [0.15, 0.2) is 11.5 Å². The van der Waals surface area contributed by atoms with Gasteiger partial charge in [0, 0.05) is 5.88 Å². The lowest BCUT2D eigenvalue weighted by Crippen LogP contribution is -2.11. The van der Waals surface area contributed by atoms with Crippen molar-refractivity contribution in [3.63, 3.8) is 0 Å². The molecule has 19 heavy (non-hydrogen) atoms. The minimum Gasteiger partial charge on any atom is -0.493 e. The molecule has 108 valence electrons. The first kappa shape index (κ1) is 16.0. The molecule has 0 aliphatic rings. The Morgan fingerprint density at radius 1 is 1.05 bits per heavy atom. The average Bonchev–Trinajstić information content (AvgIpc) is 2.47. The van der Waals surface area contributed by atoms with Crippen molar-refractivity contribution >= 4 is 11.6 Å². The predicted molar refractivity (Wildman–Crippen MR) is 78.7 cm³/mol. The third kappa shape index (κ3) is 4.20. The van der Waals surface area contributed by atoms with Crippen LogP contribution in [0.15, 0.2) is 12.1 Å². The molecule has 4 heteroatoms. The first-order valence-electron chi connectivity index (χ1n) is 6.63. The largest absolute Gasteiger partial charge is 0.493 e. The quantitative estimate of drug-likeness (QED) is 0.668. The van der Waals surface area contributed by atoms with Gasteiger partial charge in [0.25, 0.3) is 0 Å². The van der Waals surface area contributed by atoms with Gasteiger partial charge in [-0.1, -0.05) is 26.7 Å². The van der Waals surface area contributed by atoms with Crippen LogP contribution in [0.2, 0.25) is 0 Å². The van der Waals surface area contributed by atoms with Gasteiger partial charge in [-0.25, -0.2) is 0 Å². The summed E-state index contributed by atoms with van der Waals surface area (Å²) in [5.41, 5.74) is 0.949. The molecular weight excluding hydrogens is 264 g/mol. The molecule has 0 aliphatic carbocycles. The van der Waals surface area contributed by atoms with Crippen LogP contribution in [0.1, 0.15) is 32.3 Å². The highest BCUT2D eigenvalue weighted by Crippen LogP contribution is 2.39. The number of hydrogen-bond acceptors (Lipinski definition) is 3. The average molecular weight is 287 g/mol. The van der Waals surface area contributed by atoms with Gasteiger partial charge < -0.3 is 14.2 Å². The summed E-state index contributed by atoms with van der Waals surface area (Å²) in [7, 11) is 3.24. The standard InChI is InChI=1S/C15H23ClO3/c1-5-11(6-2)10-19-15-13(17-3)7-12(9-16)8-14(15)18-4/h7-8,11H,5-6,9-10H2,1-4H3. The number of hydrogen-bond donors (Lipinski definition) is 0. The fourth-order valence-corrected chi connectivity index (χ4v) is 2.03. The van der Waals surface area contributed by atoms with Crippen molar-refractivity contribution in [2.45, 2.75) is 32.6 Å². The molecule has 1 aromatic rings. The summed E-state index contributed by atoms with van der Waals surface area (Å²) < 4.78 is 16.6. The lowest BCUT2D eigenvalue weighted by Gasteiger charge is -2.18. The van der Waals surface area contributed by atoms with Crippen molar-refractivity contribution in [3.05, 3.63) is 17.7 Å². The predicted octanol–water partition coefficient (Wildman–Crippen LogP) is 4.26. The molecule has 0 fully saturated rings. The molecule has 0 heterocycles. The topological polar surface area (TPSA) is 27.7 Å². The summed E-state index contributed by atoms with van der Waals surface area (Å²) in [6.07, 6.45) is 2.20. The van der Waals surface area contributed by atoms with Crippen LogP contribution in [0.25, 0.3) is 0 Å². The maximum atomic E-state index is 5.90. The Morgan fingerprint density at radius 2 is 1.58 bits per heavy atom. The second-order valence-electron chi connectivity index (χ2n) is 4.46. The molecule has 1 aromatic carbocycles. The van der Waals surface area contributed by atoms with E-state index in [0.717, 1.165) is 18.4 Å². The first-order valence-corrected chi connectivity index (χ1v) is 7.17. The van der Waals surface area contributed by atoms with Gasteiger partial charge in [0.2, 0.25) is 5.75 Å². The van der Waals surface area contributed by atoms with Crippen molar-refractivity contribution < 1.29 is 14.2 Å². The Balaban J connectivity index is 2.96. The van der Waals surface area contributed by atoms with Crippen LogP contribution < -0.4 is 14.2 Å². The highest BCUT2D eigenvalue weighted by atomic mass is 35.5. The zero-order chi connectivity index (χ0) is 14.3. The minimum absolute atomic E-state index is 0.416. The Labute approximate surface area is 120 Å². The van der Waals surface area contributed by atoms with Gasteiger partial charge in [-0.05, 0) is 23.6 Å². The molecule has 0 aliphatic heterocycles. The maximum absolute atomic E-state index is 5.90. The van der Waals surface area contributed by atoms with Crippen LogP contribution in [-0.4, -0.2) is 20.8 Å². The van der Waals surface area contributed by atoms with E-state index >= 15 is 0 Å². The Bertz CT molecular complexity index is 364. The molecule has 0 atom stereocenters. The van der Waals surface area contributed by atoms with E-state index in [2.05, 4.69) is 13.8 Å². The normalized spacial score (nSPS) is 10.6. The fraction of sp³-hybridized carbons (Fsp3) is 0.600. The van der Waals surface area contributed by atoms with E-state index in [-0.39, 0.29) is 0 Å². The van der Waals surface area contributed by atoms with Crippen molar-refractivity contribution in [2.75, 3.05) is 20.8 Å². The molecule has 0 amide bonds. The molecule has 0 saturated carbocycles. The van der Waals surface area contributed by atoms with Gasteiger partial charge in [-0.2, -0.15) is 0 Å². The van der Waals surface area contributed by atoms with Gasteiger partial charge in [-0.3, -0.25) is 0 Å². The van der Waals surface area contributed by atoms with Crippen LogP contribution in [0.3, 0.4) is 0 Å². The number of rotatable bonds is 8. The monoisotopic (exact) mass is 286 g/mol. The molecule has 3 nitrogen and oxygen atoms in total. The van der Waals surface area contributed by atoms with Gasteiger partial charge in [0.1, 0.15) is 0 Å². The molecule has 0 spiro atoms. The zero-order valence-corrected chi connectivity index (χ0v) is 12.9. The molecule has 0 N–H and O–H groups in total. The van der Waals surface area contributed by atoms with Crippen molar-refractivity contribution in [2.24, 2.45) is 5.92 Å². The molecule has 1 rings (SSSR count). The second-order valence-corrected chi connectivity index (χ2v) is 4.72. The number of benzene rings is 1. The summed E-state index contributed by atoms with van der Waals surface area (Å²) in [6.45, 7) is 5.01. The first-order chi connectivity index (χ1) is 9.19. The minimum atomic E-state index is 0.416. The summed E-state index contributed by atoms with van der Waals surface area (Å²) in [5, 5.41) is 0. The van der Waals surface area contributed by atoms with Crippen LogP contribution in [-0.2, 0) is 5.88 Å². The number of methoxy groups -OCH3 is 2. The third-order valence-electron chi connectivity index (χ3n) is 3.29. The van der Waals surface area contributed by atoms with Crippen LogP contribution in [0.5, 0.6) is 17.2 Å². The van der Waals surface area contributed by atoms with E-state index in [1.165, 1.54) is 0 Å². The van der Waals surface area contributed by atoms with E-state index in [0.29, 0.717) is 35.7 Å². The highest BCUT2D eigenvalue weighted by molar-refractivity contribution is 6.17. The lowest BCUT2D eigenvalue weighted by atomic mass is 10.1. The molecule has 0 aromatic heterocycles. The lowest BCUT2D eigenvalue weighted by molar-refractivity contribution is 0.220. The smallest absolute Gasteiger partial charge is 0.203 e. The Morgan fingerprint density at radius 3 is 1.95 bits per heavy atom. The van der Waals surface area contributed by atoms with Crippen LogP contribution in [0, 0.1) is 5.92 Å². The second kappa shape index (κ2) is 8.16. The molecule has 0 bridgehead atoms. The van der Waals surface area contributed by atoms with Gasteiger partial charge >= 0.3 is 0 Å². The van der Waals surface area contributed by atoms with Crippen LogP contribution in [0.4, 0.5) is 0 Å². The van der Waals surface area contributed by atoms with E-state index in [4.69, 9.17) is 25.8 Å². The summed E-state index contributed by atoms with van der Waals surface area (Å²) >= 11 is 5.86. The van der Waals surface area contributed by atoms with E-state index in [1.54, 1.807) is 14.2 Å². The van der Waals surface area contributed by atoms with Crippen LogP contribution >= 0.6 is 11.6 Å². The molecule has 0 saturated heterocycles. The summed E-state index contributed by atoms with van der Waals surface area (Å²) in [4.78, 5) is 0. The number of halogens is 1. The number of alkyl halides is 1. The van der Waals surface area contributed by atoms with Crippen molar-refractivity contribution in [3.8, 4) is 17.2 Å². The van der Waals surface area contributed by atoms with Crippen molar-refractivity contribution in [1.82, 2.24) is 0 Å². The van der Waals surface area contributed by atoms with Crippen molar-refractivity contribution in [1.29, 1.82) is 0 Å². The highest BCUT2D eigenvalue weighted by Gasteiger charge is 2.15. The summed E-state index contributed by atoms with van der Waals surface area (Å²) in [6, 6.07) is 3.77.